The monoisotopic (exact) mass is 1060 g/mol. The molecule has 0 amide bonds. The van der Waals surface area contributed by atoms with E-state index in [1.807, 2.05) is 0 Å². The second-order valence-electron chi connectivity index (χ2n) is 18.2. The van der Waals surface area contributed by atoms with E-state index < -0.39 is 0 Å². The number of carbonyl (C=O) groups excluding carboxylic acids is 3. The number of benzene rings is 4. The van der Waals surface area contributed by atoms with Crippen LogP contribution >= 0.6 is 51.2 Å². The van der Waals surface area contributed by atoms with Crippen LogP contribution < -0.4 is 37.9 Å². The highest BCUT2D eigenvalue weighted by Gasteiger charge is 2.41. The zero-order valence-electron chi connectivity index (χ0n) is 40.5. The van der Waals surface area contributed by atoms with E-state index in [4.69, 9.17) is 37.9 Å². The van der Waals surface area contributed by atoms with Crippen molar-refractivity contribution in [2.24, 2.45) is 0 Å². The van der Waals surface area contributed by atoms with Crippen molar-refractivity contribution in [2.75, 3.05) is 27.2 Å². The quantitative estimate of drug-likeness (QED) is 0.105. The fraction of sp³-hybridized carbons (Fsp3) is 0.500. The Morgan fingerprint density at radius 1 is 0.406 bits per heavy atom. The lowest BCUT2D eigenvalue weighted by Gasteiger charge is -2.37. The van der Waals surface area contributed by atoms with Crippen molar-refractivity contribution in [3.05, 3.63) is 91.0 Å². The molecule has 11 nitrogen and oxygen atoms in total. The zero-order chi connectivity index (χ0) is 48.5. The van der Waals surface area contributed by atoms with Crippen LogP contribution in [0.15, 0.2) is 24.3 Å². The summed E-state index contributed by atoms with van der Waals surface area (Å²) in [6.07, 6.45) is 6.44. The molecule has 4 aliphatic heterocycles. The molecule has 368 valence electrons. The molecule has 69 heavy (non-hydrogen) atoms. The van der Waals surface area contributed by atoms with E-state index in [-0.39, 0.29) is 66.2 Å². The smallest absolute Gasteiger partial charge is 0.230 e. The summed E-state index contributed by atoms with van der Waals surface area (Å²) < 4.78 is 54.6. The molecular weight excluding hydrogens is 1000 g/mol. The first-order valence-electron chi connectivity index (χ1n) is 24.3. The second-order valence-corrected chi connectivity index (χ2v) is 22.3. The van der Waals surface area contributed by atoms with Gasteiger partial charge in [0, 0.05) is 134 Å². The Kier molecular flexibility index (Phi) is 15.6. The third kappa shape index (κ3) is 9.43. The number of rotatable bonds is 15. The fourth-order valence-electron chi connectivity index (χ4n) is 11.1. The summed E-state index contributed by atoms with van der Waals surface area (Å²) in [6.45, 7) is 13.1. The molecule has 4 atom stereocenters. The minimum absolute atomic E-state index is 0.0143. The van der Waals surface area contributed by atoms with E-state index >= 15 is 0 Å². The molecule has 4 unspecified atom stereocenters. The molecule has 0 saturated carbocycles. The van der Waals surface area contributed by atoms with Crippen molar-refractivity contribution < 1.29 is 52.3 Å². The molecule has 0 radical (unpaired) electrons. The maximum atomic E-state index is 12.9. The van der Waals surface area contributed by atoms with Crippen LogP contribution in [0.3, 0.4) is 0 Å². The summed E-state index contributed by atoms with van der Waals surface area (Å²) in [5, 5.41) is 0.401. The van der Waals surface area contributed by atoms with Gasteiger partial charge in [-0.15, -0.1) is 0 Å². The van der Waals surface area contributed by atoms with Crippen LogP contribution in [-0.4, -0.2) is 42.5 Å². The first-order chi connectivity index (χ1) is 33.5. The predicted molar refractivity (Wildman–Crippen MR) is 276 cm³/mol. The summed E-state index contributed by atoms with van der Waals surface area (Å²) in [5.74, 6) is 5.42. The Bertz CT molecular complexity index is 2510. The molecule has 0 spiro atoms. The first-order valence-corrected chi connectivity index (χ1v) is 28.4. The number of alkyl halides is 1. The highest BCUT2D eigenvalue weighted by Crippen LogP contribution is 2.59. The lowest BCUT2D eigenvalue weighted by molar-refractivity contribution is -0.109. The largest absolute Gasteiger partial charge is 0.457 e. The zero-order valence-corrected chi connectivity index (χ0v) is 44.6. The molecular formula is C54H61BrO11S3. The van der Waals surface area contributed by atoms with Gasteiger partial charge in [0.05, 0.1) is 0 Å². The van der Waals surface area contributed by atoms with Gasteiger partial charge in [0.15, 0.2) is 15.3 Å². The summed E-state index contributed by atoms with van der Waals surface area (Å²) in [4.78, 5) is 38.7. The summed E-state index contributed by atoms with van der Waals surface area (Å²) in [7, 11) is 0. The maximum Gasteiger partial charge on any atom is 0.230 e. The van der Waals surface area contributed by atoms with Crippen molar-refractivity contribution in [3.8, 4) is 46.0 Å². The summed E-state index contributed by atoms with van der Waals surface area (Å²) in [6, 6.07) is 9.25. The minimum Gasteiger partial charge on any atom is -0.457 e. The molecule has 0 fully saturated rings. The van der Waals surface area contributed by atoms with E-state index in [0.29, 0.717) is 57.1 Å². The SMILES string of the molecule is CCCC1c2cc3c4c(CBr)c2OCOc2c1cc1c(c2CSC(C)=O)OCOc2c(cc5c(c2CSC(C)=O)OCOc2c(cc(c(c2CSC(C)=O)OCO4)C3CCC)C5CCC)C1CCC. The van der Waals surface area contributed by atoms with Gasteiger partial charge in [-0.3, -0.25) is 14.4 Å². The van der Waals surface area contributed by atoms with Crippen molar-refractivity contribution in [1.82, 2.24) is 0 Å². The fourth-order valence-corrected chi connectivity index (χ4v) is 13.5. The molecule has 8 bridgehead atoms. The molecule has 1 aliphatic carbocycles. The van der Waals surface area contributed by atoms with Gasteiger partial charge >= 0.3 is 0 Å². The normalized spacial score (nSPS) is 19.0. The highest BCUT2D eigenvalue weighted by molar-refractivity contribution is 9.08. The predicted octanol–water partition coefficient (Wildman–Crippen LogP) is 13.9. The second kappa shape index (κ2) is 21.7. The van der Waals surface area contributed by atoms with E-state index in [9.17, 15) is 14.4 Å². The molecule has 4 heterocycles. The van der Waals surface area contributed by atoms with Gasteiger partial charge in [-0.25, -0.2) is 0 Å². The van der Waals surface area contributed by atoms with Gasteiger partial charge in [-0.05, 0) is 49.9 Å². The Morgan fingerprint density at radius 2 is 0.609 bits per heavy atom. The van der Waals surface area contributed by atoms with Gasteiger partial charge in [0.2, 0.25) is 27.2 Å². The van der Waals surface area contributed by atoms with Crippen molar-refractivity contribution >= 4 is 66.6 Å². The Labute approximate surface area is 426 Å². The molecule has 4 aromatic rings. The van der Waals surface area contributed by atoms with Crippen LogP contribution in [0.1, 0.15) is 190 Å². The number of carbonyl (C=O) groups is 3. The van der Waals surface area contributed by atoms with Crippen LogP contribution in [0.4, 0.5) is 0 Å². The Balaban J connectivity index is 1.50. The van der Waals surface area contributed by atoms with Gasteiger partial charge in [0.1, 0.15) is 46.0 Å². The maximum absolute atomic E-state index is 12.9. The number of halogens is 1. The van der Waals surface area contributed by atoms with Crippen molar-refractivity contribution in [1.29, 1.82) is 0 Å². The summed E-state index contributed by atoms with van der Waals surface area (Å²) in [5.41, 5.74) is 11.3. The molecule has 4 aromatic carbocycles. The first kappa shape index (κ1) is 49.8. The molecule has 15 heteroatoms. The topological polar surface area (TPSA) is 125 Å². The average Bonchev–Trinajstić information content (AvgIpc) is 3.30. The molecule has 0 aromatic heterocycles. The van der Waals surface area contributed by atoms with Crippen LogP contribution in [-0.2, 0) is 37.0 Å². The number of thioether (sulfide) groups is 3. The lowest BCUT2D eigenvalue weighted by Crippen LogP contribution is -2.25. The van der Waals surface area contributed by atoms with E-state index in [1.54, 1.807) is 20.8 Å². The summed E-state index contributed by atoms with van der Waals surface area (Å²) >= 11 is 7.58. The third-order valence-corrected chi connectivity index (χ3v) is 16.9. The van der Waals surface area contributed by atoms with Crippen molar-refractivity contribution in [3.63, 3.8) is 0 Å². The Morgan fingerprint density at radius 3 is 0.783 bits per heavy atom. The lowest BCUT2D eigenvalue weighted by atomic mass is 9.74. The molecule has 0 saturated heterocycles. The molecule has 5 aliphatic rings. The van der Waals surface area contributed by atoms with Gasteiger partial charge in [-0.2, -0.15) is 0 Å². The van der Waals surface area contributed by atoms with E-state index in [2.05, 4.69) is 67.9 Å². The third-order valence-electron chi connectivity index (χ3n) is 13.9. The van der Waals surface area contributed by atoms with E-state index in [0.717, 1.165) is 130 Å². The Hall–Kier alpha value is -4.18. The highest BCUT2D eigenvalue weighted by atomic mass is 79.9. The van der Waals surface area contributed by atoms with Crippen LogP contribution in [0.25, 0.3) is 0 Å². The number of hydrogen-bond donors (Lipinski definition) is 0. The van der Waals surface area contributed by atoms with Gasteiger partial charge in [-0.1, -0.05) is 105 Å². The van der Waals surface area contributed by atoms with E-state index in [1.165, 1.54) is 35.3 Å². The van der Waals surface area contributed by atoms with Gasteiger partial charge in [0.25, 0.3) is 0 Å². The van der Waals surface area contributed by atoms with Crippen LogP contribution in [0.2, 0.25) is 0 Å². The minimum atomic E-state index is -0.240. The molecule has 0 N–H and O–H groups in total. The molecule has 9 rings (SSSR count). The van der Waals surface area contributed by atoms with Crippen LogP contribution in [0.5, 0.6) is 46.0 Å². The number of hydrogen-bond acceptors (Lipinski definition) is 14. The van der Waals surface area contributed by atoms with Crippen molar-refractivity contribution in [2.45, 2.75) is 146 Å². The van der Waals surface area contributed by atoms with Gasteiger partial charge < -0.3 is 37.9 Å². The average molecular weight is 1060 g/mol. The standard InChI is InChI=1S/C54H61BrO11S3/c1-8-12-31-35-16-36-32(13-9-2)38-18-40-34(15-11-4)42-19-41-33(14-10-3)39-17-37(31)49-44(21-67-28(5)56)51(39)63-26-65-53(41)46(23-69-30(7)58)54(42)66-27-64-52(40)45(22-68-29(6)57)50(38)62-25-60-48(36)43(20-55)47(35)59-24-61-49/h16-19,31-34H,8-15,20-27H2,1-7H3. The number of ether oxygens (including phenoxy) is 8. The van der Waals surface area contributed by atoms with Crippen LogP contribution in [0, 0.1) is 0 Å².